The van der Waals surface area contributed by atoms with E-state index in [4.69, 9.17) is 5.84 Å². The van der Waals surface area contributed by atoms with E-state index in [2.05, 4.69) is 70.8 Å². The van der Waals surface area contributed by atoms with Gasteiger partial charge in [0.15, 0.2) is 0 Å². The number of nitrogens with one attached hydrogen (secondary N) is 1. The molecule has 2 aromatic rings. The van der Waals surface area contributed by atoms with Gasteiger partial charge in [-0.05, 0) is 17.5 Å². The normalized spacial score (nSPS) is 11.3. The summed E-state index contributed by atoms with van der Waals surface area (Å²) in [6.45, 7) is 4.49. The number of hydrogen-bond acceptors (Lipinski definition) is 2. The van der Waals surface area contributed by atoms with Crippen LogP contribution in [0.3, 0.4) is 0 Å². The summed E-state index contributed by atoms with van der Waals surface area (Å²) in [6.07, 6.45) is 2.19. The highest BCUT2D eigenvalue weighted by Gasteiger charge is 2.11. The number of benzene rings is 2. The third kappa shape index (κ3) is 5.75. The lowest BCUT2D eigenvalue weighted by atomic mass is 10.2. The molecule has 0 amide bonds. The van der Waals surface area contributed by atoms with Crippen molar-refractivity contribution >= 4 is 5.96 Å². The van der Waals surface area contributed by atoms with Crippen LogP contribution in [0.1, 0.15) is 30.9 Å². The van der Waals surface area contributed by atoms with Gasteiger partial charge in [0.25, 0.3) is 0 Å². The number of guanidine groups is 1. The molecule has 23 heavy (non-hydrogen) atoms. The molecule has 0 aliphatic heterocycles. The van der Waals surface area contributed by atoms with Crippen LogP contribution < -0.4 is 11.3 Å². The third-order valence-corrected chi connectivity index (χ3v) is 3.63. The van der Waals surface area contributed by atoms with Gasteiger partial charge in [0.2, 0.25) is 5.96 Å². The minimum atomic E-state index is 0.742. The first kappa shape index (κ1) is 17.0. The summed E-state index contributed by atoms with van der Waals surface area (Å²) in [5.41, 5.74) is 5.25. The van der Waals surface area contributed by atoms with Crippen LogP contribution in [-0.2, 0) is 13.1 Å². The fraction of sp³-hybridized carbons (Fsp3) is 0.316. The average Bonchev–Trinajstić information content (AvgIpc) is 2.60. The van der Waals surface area contributed by atoms with Gasteiger partial charge >= 0.3 is 0 Å². The van der Waals surface area contributed by atoms with E-state index in [1.54, 1.807) is 0 Å². The molecule has 0 aromatic heterocycles. The smallest absolute Gasteiger partial charge is 0.209 e. The Kier molecular flexibility index (Phi) is 7.14. The minimum absolute atomic E-state index is 0.742. The molecular weight excluding hydrogens is 284 g/mol. The number of unbranched alkanes of at least 4 members (excludes halogenated alkanes) is 1. The van der Waals surface area contributed by atoms with E-state index >= 15 is 0 Å². The van der Waals surface area contributed by atoms with Crippen LogP contribution in [0, 0.1) is 0 Å². The van der Waals surface area contributed by atoms with Crippen LogP contribution in [0.15, 0.2) is 65.7 Å². The van der Waals surface area contributed by atoms with Crippen molar-refractivity contribution in [2.75, 3.05) is 6.54 Å². The number of hydrazine groups is 1. The summed E-state index contributed by atoms with van der Waals surface area (Å²) in [6, 6.07) is 20.8. The van der Waals surface area contributed by atoms with Gasteiger partial charge in [0.05, 0.1) is 0 Å². The molecular formula is C19H26N4. The second kappa shape index (κ2) is 9.64. The van der Waals surface area contributed by atoms with E-state index in [1.165, 1.54) is 11.1 Å². The van der Waals surface area contributed by atoms with Crippen LogP contribution in [0.5, 0.6) is 0 Å². The molecule has 2 rings (SSSR count). The van der Waals surface area contributed by atoms with Gasteiger partial charge in [-0.1, -0.05) is 74.0 Å². The SMILES string of the molecule is CCCCN=C(NN)N(Cc1ccccc1)Cc1ccccc1. The first-order valence-electron chi connectivity index (χ1n) is 8.17. The number of rotatable bonds is 7. The van der Waals surface area contributed by atoms with Crippen LogP contribution in [-0.4, -0.2) is 17.4 Å². The van der Waals surface area contributed by atoms with Gasteiger partial charge in [-0.2, -0.15) is 0 Å². The van der Waals surface area contributed by atoms with Crippen molar-refractivity contribution in [1.82, 2.24) is 10.3 Å². The molecule has 3 N–H and O–H groups in total. The monoisotopic (exact) mass is 310 g/mol. The zero-order chi connectivity index (χ0) is 16.3. The van der Waals surface area contributed by atoms with Gasteiger partial charge in [0, 0.05) is 19.6 Å². The molecule has 0 unspecified atom stereocenters. The van der Waals surface area contributed by atoms with Gasteiger partial charge in [-0.25, -0.2) is 5.84 Å². The molecule has 4 heteroatoms. The summed E-state index contributed by atoms with van der Waals surface area (Å²) in [5.74, 6) is 6.48. The Morgan fingerprint density at radius 3 is 1.91 bits per heavy atom. The lowest BCUT2D eigenvalue weighted by Gasteiger charge is -2.26. The number of aliphatic imine (C=N–C) groups is 1. The minimum Gasteiger partial charge on any atom is -0.333 e. The Bertz CT molecular complexity index is 539. The quantitative estimate of drug-likeness (QED) is 0.271. The Morgan fingerprint density at radius 2 is 1.48 bits per heavy atom. The molecule has 0 heterocycles. The topological polar surface area (TPSA) is 53.6 Å². The Labute approximate surface area is 139 Å². The van der Waals surface area contributed by atoms with Gasteiger partial charge in [0.1, 0.15) is 0 Å². The van der Waals surface area contributed by atoms with E-state index in [1.807, 2.05) is 12.1 Å². The van der Waals surface area contributed by atoms with Crippen molar-refractivity contribution in [1.29, 1.82) is 0 Å². The van der Waals surface area contributed by atoms with Gasteiger partial charge in [-0.3, -0.25) is 10.4 Å². The third-order valence-electron chi connectivity index (χ3n) is 3.63. The van der Waals surface area contributed by atoms with Crippen LogP contribution in [0.4, 0.5) is 0 Å². The average molecular weight is 310 g/mol. The number of hydrogen-bond donors (Lipinski definition) is 2. The fourth-order valence-electron chi connectivity index (χ4n) is 2.39. The second-order valence-corrected chi connectivity index (χ2v) is 5.53. The summed E-state index contributed by atoms with van der Waals surface area (Å²) < 4.78 is 0. The summed E-state index contributed by atoms with van der Waals surface area (Å²) >= 11 is 0. The molecule has 0 aliphatic rings. The highest BCUT2D eigenvalue weighted by molar-refractivity contribution is 5.79. The molecule has 122 valence electrons. The van der Waals surface area contributed by atoms with E-state index in [0.29, 0.717) is 0 Å². The predicted octanol–water partition coefficient (Wildman–Crippen LogP) is 3.31. The Hall–Kier alpha value is -2.33. The largest absolute Gasteiger partial charge is 0.333 e. The van der Waals surface area contributed by atoms with Crippen molar-refractivity contribution in [3.05, 3.63) is 71.8 Å². The molecule has 2 aromatic carbocycles. The molecule has 0 atom stereocenters. The molecule has 0 spiro atoms. The molecule has 0 bridgehead atoms. The molecule has 0 aliphatic carbocycles. The lowest BCUT2D eigenvalue weighted by molar-refractivity contribution is 0.389. The molecule has 0 saturated carbocycles. The van der Waals surface area contributed by atoms with Gasteiger partial charge < -0.3 is 4.90 Å². The van der Waals surface area contributed by atoms with E-state index in [-0.39, 0.29) is 0 Å². The molecule has 0 fully saturated rings. The maximum absolute atomic E-state index is 5.74. The summed E-state index contributed by atoms with van der Waals surface area (Å²) in [4.78, 5) is 6.81. The van der Waals surface area contributed by atoms with Crippen LogP contribution in [0.25, 0.3) is 0 Å². The first-order chi connectivity index (χ1) is 11.3. The van der Waals surface area contributed by atoms with Crippen molar-refractivity contribution in [2.45, 2.75) is 32.9 Å². The standard InChI is InChI=1S/C19H26N4/c1-2-3-14-21-19(22-20)23(15-17-10-6-4-7-11-17)16-18-12-8-5-9-13-18/h4-13H,2-3,14-16,20H2,1H3,(H,21,22). The lowest BCUT2D eigenvalue weighted by Crippen LogP contribution is -2.44. The number of nitrogens with zero attached hydrogens (tertiary/aromatic N) is 2. The fourth-order valence-corrected chi connectivity index (χ4v) is 2.39. The first-order valence-corrected chi connectivity index (χ1v) is 8.17. The summed E-state index contributed by atoms with van der Waals surface area (Å²) in [7, 11) is 0. The second-order valence-electron chi connectivity index (χ2n) is 5.53. The number of nitrogens with two attached hydrogens (primary N) is 1. The van der Waals surface area contributed by atoms with Crippen molar-refractivity contribution in [2.24, 2.45) is 10.8 Å². The molecule has 4 nitrogen and oxygen atoms in total. The molecule has 0 saturated heterocycles. The predicted molar refractivity (Wildman–Crippen MR) is 96.7 cm³/mol. The van der Waals surface area contributed by atoms with Crippen molar-refractivity contribution in [3.8, 4) is 0 Å². The zero-order valence-electron chi connectivity index (χ0n) is 13.8. The highest BCUT2D eigenvalue weighted by atomic mass is 15.4. The van der Waals surface area contributed by atoms with E-state index in [9.17, 15) is 0 Å². The van der Waals surface area contributed by atoms with Crippen molar-refractivity contribution < 1.29 is 0 Å². The highest BCUT2D eigenvalue weighted by Crippen LogP contribution is 2.10. The van der Waals surface area contributed by atoms with E-state index in [0.717, 1.165) is 38.4 Å². The summed E-state index contributed by atoms with van der Waals surface area (Å²) in [5, 5.41) is 0. The van der Waals surface area contributed by atoms with E-state index < -0.39 is 0 Å². The molecule has 0 radical (unpaired) electrons. The van der Waals surface area contributed by atoms with Crippen LogP contribution in [0.2, 0.25) is 0 Å². The van der Waals surface area contributed by atoms with Crippen LogP contribution >= 0.6 is 0 Å². The van der Waals surface area contributed by atoms with Gasteiger partial charge in [-0.15, -0.1) is 0 Å². The maximum atomic E-state index is 5.74. The Balaban J connectivity index is 2.17. The Morgan fingerprint density at radius 1 is 0.957 bits per heavy atom. The maximum Gasteiger partial charge on any atom is 0.209 e. The zero-order valence-corrected chi connectivity index (χ0v) is 13.8. The van der Waals surface area contributed by atoms with Crippen molar-refractivity contribution in [3.63, 3.8) is 0 Å².